The second-order valence-corrected chi connectivity index (χ2v) is 4.57. The molecule has 1 aromatic carbocycles. The van der Waals surface area contributed by atoms with Gasteiger partial charge in [-0.3, -0.25) is 0 Å². The highest BCUT2D eigenvalue weighted by Gasteiger charge is 2.12. The fraction of sp³-hybridized carbons (Fsp3) is 0.308. The summed E-state index contributed by atoms with van der Waals surface area (Å²) in [6.45, 7) is 4.07. The minimum absolute atomic E-state index is 0.0186. The molecule has 1 heterocycles. The minimum atomic E-state index is -0.0186. The van der Waals surface area contributed by atoms with Gasteiger partial charge in [-0.1, -0.05) is 24.6 Å². The topological polar surface area (TPSA) is 43.8 Å². The van der Waals surface area contributed by atoms with Crippen LogP contribution in [0.15, 0.2) is 30.7 Å². The van der Waals surface area contributed by atoms with E-state index in [0.717, 1.165) is 23.4 Å². The van der Waals surface area contributed by atoms with E-state index in [1.165, 1.54) is 0 Å². The maximum absolute atomic E-state index is 6.25. The summed E-state index contributed by atoms with van der Waals surface area (Å²) < 4.78 is 1.95. The van der Waals surface area contributed by atoms with Crippen LogP contribution in [0.1, 0.15) is 30.6 Å². The normalized spacial score (nSPS) is 12.7. The Morgan fingerprint density at radius 1 is 1.47 bits per heavy atom. The largest absolute Gasteiger partial charge is 0.323 e. The van der Waals surface area contributed by atoms with Crippen molar-refractivity contribution in [2.75, 3.05) is 0 Å². The zero-order valence-electron chi connectivity index (χ0n) is 10.0. The van der Waals surface area contributed by atoms with Crippen LogP contribution in [0.25, 0.3) is 5.69 Å². The summed E-state index contributed by atoms with van der Waals surface area (Å²) in [7, 11) is 0. The number of imidazole rings is 1. The summed E-state index contributed by atoms with van der Waals surface area (Å²) in [6, 6.07) is 5.95. The van der Waals surface area contributed by atoms with Crippen LogP contribution < -0.4 is 5.73 Å². The molecule has 0 bridgehead atoms. The van der Waals surface area contributed by atoms with Gasteiger partial charge in [0.15, 0.2) is 0 Å². The number of nitrogens with zero attached hydrogens (tertiary/aromatic N) is 2. The number of nitrogens with two attached hydrogens (primary N) is 1. The number of aryl methyl sites for hydroxylation is 1. The molecule has 1 atom stereocenters. The van der Waals surface area contributed by atoms with Gasteiger partial charge in [0.2, 0.25) is 0 Å². The van der Waals surface area contributed by atoms with E-state index in [1.807, 2.05) is 29.7 Å². The predicted molar refractivity (Wildman–Crippen MR) is 70.5 cm³/mol. The molecule has 0 saturated heterocycles. The zero-order chi connectivity index (χ0) is 12.4. The van der Waals surface area contributed by atoms with Gasteiger partial charge < -0.3 is 10.3 Å². The standard InChI is InChI=1S/C13H16ClN3/c1-3-11(15)13-7-16-8-17(13)12-5-4-9(2)6-10(12)14/h4-8,11H,3,15H2,1-2H3/t11-/m1/s1. The summed E-state index contributed by atoms with van der Waals surface area (Å²) >= 11 is 6.25. The summed E-state index contributed by atoms with van der Waals surface area (Å²) in [5.41, 5.74) is 9.10. The maximum Gasteiger partial charge on any atom is 0.0995 e. The Bertz CT molecular complexity index is 519. The van der Waals surface area contributed by atoms with Crippen LogP contribution >= 0.6 is 11.6 Å². The second-order valence-electron chi connectivity index (χ2n) is 4.16. The van der Waals surface area contributed by atoms with Gasteiger partial charge in [-0.05, 0) is 31.0 Å². The van der Waals surface area contributed by atoms with Crippen molar-refractivity contribution in [3.05, 3.63) is 47.0 Å². The molecule has 2 N–H and O–H groups in total. The molecule has 0 spiro atoms. The first-order chi connectivity index (χ1) is 8.13. The van der Waals surface area contributed by atoms with Crippen molar-refractivity contribution < 1.29 is 0 Å². The highest BCUT2D eigenvalue weighted by Crippen LogP contribution is 2.25. The van der Waals surface area contributed by atoms with Crippen LogP contribution in [-0.2, 0) is 0 Å². The third-order valence-corrected chi connectivity index (χ3v) is 3.15. The van der Waals surface area contributed by atoms with Gasteiger partial charge in [-0.2, -0.15) is 0 Å². The molecule has 17 heavy (non-hydrogen) atoms. The van der Waals surface area contributed by atoms with Crippen molar-refractivity contribution in [3.8, 4) is 5.69 Å². The molecule has 0 aliphatic heterocycles. The lowest BCUT2D eigenvalue weighted by molar-refractivity contribution is 0.660. The number of hydrogen-bond acceptors (Lipinski definition) is 2. The summed E-state index contributed by atoms with van der Waals surface area (Å²) in [5, 5.41) is 0.715. The average Bonchev–Trinajstić information content (AvgIpc) is 2.77. The van der Waals surface area contributed by atoms with Gasteiger partial charge in [-0.15, -0.1) is 0 Å². The van der Waals surface area contributed by atoms with Crippen LogP contribution in [0.5, 0.6) is 0 Å². The lowest BCUT2D eigenvalue weighted by atomic mass is 10.1. The molecular weight excluding hydrogens is 234 g/mol. The number of aromatic nitrogens is 2. The number of rotatable bonds is 3. The molecule has 3 nitrogen and oxygen atoms in total. The predicted octanol–water partition coefficient (Wildman–Crippen LogP) is 3.24. The molecular formula is C13H16ClN3. The molecule has 0 unspecified atom stereocenters. The Balaban J connectivity index is 2.50. The van der Waals surface area contributed by atoms with E-state index in [0.29, 0.717) is 5.02 Å². The molecule has 0 radical (unpaired) electrons. The summed E-state index contributed by atoms with van der Waals surface area (Å²) in [4.78, 5) is 4.16. The quantitative estimate of drug-likeness (QED) is 0.908. The van der Waals surface area contributed by atoms with Crippen LogP contribution in [0.3, 0.4) is 0 Å². The van der Waals surface area contributed by atoms with Crippen molar-refractivity contribution in [3.63, 3.8) is 0 Å². The molecule has 2 rings (SSSR count). The summed E-state index contributed by atoms with van der Waals surface area (Å²) in [5.74, 6) is 0. The zero-order valence-corrected chi connectivity index (χ0v) is 10.8. The van der Waals surface area contributed by atoms with Gasteiger partial charge in [0.1, 0.15) is 0 Å². The van der Waals surface area contributed by atoms with E-state index in [4.69, 9.17) is 17.3 Å². The van der Waals surface area contributed by atoms with Gasteiger partial charge in [0.05, 0.1) is 28.9 Å². The SMILES string of the molecule is CC[C@@H](N)c1cncn1-c1ccc(C)cc1Cl. The van der Waals surface area contributed by atoms with Crippen LogP contribution in [0.4, 0.5) is 0 Å². The van der Waals surface area contributed by atoms with Crippen LogP contribution in [0.2, 0.25) is 5.02 Å². The van der Waals surface area contributed by atoms with E-state index >= 15 is 0 Å². The monoisotopic (exact) mass is 249 g/mol. The smallest absolute Gasteiger partial charge is 0.0995 e. The molecule has 1 aromatic heterocycles. The lowest BCUT2D eigenvalue weighted by Gasteiger charge is -2.14. The first-order valence-electron chi connectivity index (χ1n) is 5.67. The number of halogens is 1. The fourth-order valence-corrected chi connectivity index (χ4v) is 2.12. The molecule has 90 valence electrons. The summed E-state index contributed by atoms with van der Waals surface area (Å²) in [6.07, 6.45) is 4.42. The van der Waals surface area contributed by atoms with E-state index in [1.54, 1.807) is 12.5 Å². The molecule has 2 aromatic rings. The Morgan fingerprint density at radius 2 is 2.24 bits per heavy atom. The van der Waals surface area contributed by atoms with Crippen LogP contribution in [0, 0.1) is 6.92 Å². The highest BCUT2D eigenvalue weighted by atomic mass is 35.5. The number of benzene rings is 1. The third-order valence-electron chi connectivity index (χ3n) is 2.85. The Kier molecular flexibility index (Phi) is 3.50. The van der Waals surface area contributed by atoms with Gasteiger partial charge in [0.25, 0.3) is 0 Å². The Hall–Kier alpha value is -1.32. The van der Waals surface area contributed by atoms with E-state index in [2.05, 4.69) is 11.9 Å². The van der Waals surface area contributed by atoms with E-state index in [9.17, 15) is 0 Å². The van der Waals surface area contributed by atoms with Gasteiger partial charge in [-0.25, -0.2) is 4.98 Å². The van der Waals surface area contributed by atoms with Crippen molar-refractivity contribution >= 4 is 11.6 Å². The fourth-order valence-electron chi connectivity index (χ4n) is 1.80. The molecule has 0 saturated carbocycles. The van der Waals surface area contributed by atoms with Crippen molar-refractivity contribution in [2.24, 2.45) is 5.73 Å². The molecule has 4 heteroatoms. The maximum atomic E-state index is 6.25. The first-order valence-corrected chi connectivity index (χ1v) is 6.05. The van der Waals surface area contributed by atoms with Crippen molar-refractivity contribution in [1.82, 2.24) is 9.55 Å². The molecule has 0 aliphatic rings. The third kappa shape index (κ3) is 2.35. The highest BCUT2D eigenvalue weighted by molar-refractivity contribution is 6.32. The van der Waals surface area contributed by atoms with Crippen LogP contribution in [-0.4, -0.2) is 9.55 Å². The lowest BCUT2D eigenvalue weighted by Crippen LogP contribution is -2.13. The van der Waals surface area contributed by atoms with E-state index < -0.39 is 0 Å². The number of hydrogen-bond donors (Lipinski definition) is 1. The molecule has 0 fully saturated rings. The van der Waals surface area contributed by atoms with Crippen molar-refractivity contribution in [1.29, 1.82) is 0 Å². The molecule has 0 amide bonds. The Labute approximate surface area is 106 Å². The van der Waals surface area contributed by atoms with Crippen molar-refractivity contribution in [2.45, 2.75) is 26.3 Å². The van der Waals surface area contributed by atoms with Gasteiger partial charge >= 0.3 is 0 Å². The second kappa shape index (κ2) is 4.90. The molecule has 0 aliphatic carbocycles. The van der Waals surface area contributed by atoms with Gasteiger partial charge in [0, 0.05) is 6.04 Å². The Morgan fingerprint density at radius 3 is 2.88 bits per heavy atom. The first kappa shape index (κ1) is 12.1. The average molecular weight is 250 g/mol. The minimum Gasteiger partial charge on any atom is -0.323 e. The van der Waals surface area contributed by atoms with E-state index in [-0.39, 0.29) is 6.04 Å².